The third-order valence-electron chi connectivity index (χ3n) is 3.49. The van der Waals surface area contributed by atoms with E-state index in [4.69, 9.17) is 27.2 Å². The molecule has 10 nitrogen and oxygen atoms in total. The molecule has 13 heteroatoms. The number of hydrogen-bond acceptors (Lipinski definition) is 8. The average molecular weight is 429 g/mol. The Labute approximate surface area is 156 Å². The molecule has 1 aliphatic rings. The lowest BCUT2D eigenvalue weighted by Crippen LogP contribution is -2.38. The molecule has 0 aliphatic carbocycles. The quantitative estimate of drug-likeness (QED) is 0.434. The summed E-state index contributed by atoms with van der Waals surface area (Å²) in [5, 5.41) is 20.1. The van der Waals surface area contributed by atoms with Crippen molar-refractivity contribution in [3.05, 3.63) is 38.7 Å². The minimum Gasteiger partial charge on any atom is -0.387 e. The maximum absolute atomic E-state index is 12.0. The Morgan fingerprint density at radius 3 is 2.65 bits per heavy atom. The summed E-state index contributed by atoms with van der Waals surface area (Å²) in [7, 11) is 0. The van der Waals surface area contributed by atoms with Gasteiger partial charge in [-0.1, -0.05) is 0 Å². The van der Waals surface area contributed by atoms with Crippen molar-refractivity contribution in [3.63, 3.8) is 0 Å². The first-order valence-corrected chi connectivity index (χ1v) is 10.6. The van der Waals surface area contributed by atoms with Gasteiger partial charge in [-0.3, -0.25) is 23.7 Å². The molecule has 1 aromatic heterocycles. The number of carbonyl (C=O) groups excluding carboxylic acids is 1. The largest absolute Gasteiger partial charge is 0.387 e. The van der Waals surface area contributed by atoms with Crippen LogP contribution in [0.4, 0.5) is 0 Å². The third-order valence-corrected chi connectivity index (χ3v) is 4.53. The van der Waals surface area contributed by atoms with Gasteiger partial charge >= 0.3 is 11.8 Å². The van der Waals surface area contributed by atoms with Crippen molar-refractivity contribution in [2.24, 2.45) is 0 Å². The van der Waals surface area contributed by atoms with Gasteiger partial charge in [-0.25, -0.2) is 4.79 Å². The predicted molar refractivity (Wildman–Crippen MR) is 92.2 cm³/mol. The molecule has 4 atom stereocenters. The summed E-state index contributed by atoms with van der Waals surface area (Å²) in [6.07, 6.45) is -6.14. The minimum atomic E-state index is -3.88. The molecule has 1 aliphatic heterocycles. The zero-order valence-electron chi connectivity index (χ0n) is 13.2. The van der Waals surface area contributed by atoms with Crippen molar-refractivity contribution in [2.75, 3.05) is 6.61 Å². The van der Waals surface area contributed by atoms with Crippen LogP contribution in [0.3, 0.4) is 0 Å². The van der Waals surface area contributed by atoms with Crippen LogP contribution < -0.4 is 11.2 Å². The molecule has 26 heavy (non-hydrogen) atoms. The smallest absolute Gasteiger partial charge is 0.380 e. The van der Waals surface area contributed by atoms with Crippen molar-refractivity contribution in [3.8, 4) is 0 Å². The Kier molecular flexibility index (Phi) is 6.62. The molecule has 0 amide bonds. The van der Waals surface area contributed by atoms with Crippen LogP contribution in [-0.2, 0) is 18.6 Å². The summed E-state index contributed by atoms with van der Waals surface area (Å²) < 4.78 is 22.0. The SMILES string of the molecule is CC(=O)/C=C/c1cn([C@@H]2O[C@H](COP(=O)(Cl)Cl)C(O)[C@@H]2O)c(=O)[nH]c1=O. The molecule has 1 fully saturated rings. The number of H-pyrrole nitrogens is 1. The van der Waals surface area contributed by atoms with Crippen molar-refractivity contribution in [1.82, 2.24) is 9.55 Å². The van der Waals surface area contributed by atoms with Crippen molar-refractivity contribution >= 4 is 40.4 Å². The number of allylic oxidation sites excluding steroid dienone is 1. The lowest BCUT2D eigenvalue weighted by atomic mass is 10.1. The van der Waals surface area contributed by atoms with Gasteiger partial charge < -0.3 is 19.5 Å². The standard InChI is InChI=1S/C13H15Cl2N2O8P/c1-6(18)2-3-7-4-17(13(22)16-11(7)21)12-10(20)9(19)8(25-12)5-24-26(14,15)23/h2-4,8-10,12,19-20H,5H2,1H3,(H,16,21,22)/b3-2+/t8-,9?,10+,12-/m1/s1. The topological polar surface area (TPSA) is 148 Å². The number of aliphatic hydroxyl groups excluding tert-OH is 2. The van der Waals surface area contributed by atoms with E-state index in [1.54, 1.807) is 0 Å². The van der Waals surface area contributed by atoms with E-state index in [1.807, 2.05) is 4.98 Å². The first-order chi connectivity index (χ1) is 12.0. The van der Waals surface area contributed by atoms with Crippen LogP contribution in [-0.4, -0.2) is 50.5 Å². The second-order valence-corrected chi connectivity index (χ2v) is 9.73. The highest BCUT2D eigenvalue weighted by molar-refractivity contribution is 8.05. The van der Waals surface area contributed by atoms with Crippen molar-refractivity contribution < 1.29 is 28.8 Å². The van der Waals surface area contributed by atoms with E-state index in [0.717, 1.165) is 16.8 Å². The van der Waals surface area contributed by atoms with Gasteiger partial charge in [-0.15, -0.1) is 0 Å². The van der Waals surface area contributed by atoms with Gasteiger partial charge in [0.05, 0.1) is 12.2 Å². The van der Waals surface area contributed by atoms with Gasteiger partial charge in [0.15, 0.2) is 12.0 Å². The zero-order valence-corrected chi connectivity index (χ0v) is 15.6. The minimum absolute atomic E-state index is 0.0455. The number of hydrogen-bond donors (Lipinski definition) is 3. The number of aromatic nitrogens is 2. The summed E-state index contributed by atoms with van der Waals surface area (Å²) in [6.45, 7) is 0.770. The second kappa shape index (κ2) is 8.18. The fraction of sp³-hybridized carbons (Fsp3) is 0.462. The van der Waals surface area contributed by atoms with E-state index in [2.05, 4.69) is 4.52 Å². The van der Waals surface area contributed by atoms with E-state index in [1.165, 1.54) is 13.0 Å². The summed E-state index contributed by atoms with van der Waals surface area (Å²) >= 11 is 10.5. The molecular weight excluding hydrogens is 414 g/mol. The van der Waals surface area contributed by atoms with E-state index >= 15 is 0 Å². The predicted octanol–water partition coefficient (Wildman–Crippen LogP) is 0.360. The lowest BCUT2D eigenvalue weighted by molar-refractivity contribution is -0.112. The third kappa shape index (κ3) is 5.14. The number of ether oxygens (including phenoxy) is 1. The van der Waals surface area contributed by atoms with E-state index in [9.17, 15) is 29.2 Å². The molecule has 0 spiro atoms. The molecule has 1 unspecified atom stereocenters. The highest BCUT2D eigenvalue weighted by atomic mass is 35.9. The number of halogens is 2. The van der Waals surface area contributed by atoms with Gasteiger partial charge in [-0.2, -0.15) is 0 Å². The van der Waals surface area contributed by atoms with Crippen molar-refractivity contribution in [1.29, 1.82) is 0 Å². The number of nitrogens with one attached hydrogen (secondary N) is 1. The first-order valence-electron chi connectivity index (χ1n) is 7.19. The molecule has 2 rings (SSSR count). The average Bonchev–Trinajstić information content (AvgIpc) is 2.79. The van der Waals surface area contributed by atoms with Crippen LogP contribution in [0.1, 0.15) is 18.7 Å². The Bertz CT molecular complexity index is 876. The van der Waals surface area contributed by atoms with Crippen LogP contribution in [0.25, 0.3) is 6.08 Å². The molecule has 2 heterocycles. The van der Waals surface area contributed by atoms with E-state index in [0.29, 0.717) is 0 Å². The van der Waals surface area contributed by atoms with E-state index in [-0.39, 0.29) is 11.3 Å². The number of ketones is 1. The fourth-order valence-corrected chi connectivity index (χ4v) is 2.93. The Hall–Kier alpha value is -1.26. The van der Waals surface area contributed by atoms with E-state index < -0.39 is 48.5 Å². The number of rotatable bonds is 6. The van der Waals surface area contributed by atoms with Crippen LogP contribution in [0.2, 0.25) is 0 Å². The van der Waals surface area contributed by atoms with Gasteiger partial charge in [0.2, 0.25) is 0 Å². The molecule has 0 saturated carbocycles. The van der Waals surface area contributed by atoms with Crippen LogP contribution in [0, 0.1) is 0 Å². The lowest BCUT2D eigenvalue weighted by Gasteiger charge is -2.17. The highest BCUT2D eigenvalue weighted by Gasteiger charge is 2.45. The number of aliphatic hydroxyl groups is 2. The van der Waals surface area contributed by atoms with Crippen molar-refractivity contribution in [2.45, 2.75) is 31.5 Å². The number of carbonyl (C=O) groups is 1. The zero-order chi connectivity index (χ0) is 19.6. The van der Waals surface area contributed by atoms with Gasteiger partial charge in [0.25, 0.3) is 5.56 Å². The Morgan fingerprint density at radius 2 is 2.08 bits per heavy atom. The van der Waals surface area contributed by atoms with Crippen LogP contribution >= 0.6 is 28.6 Å². The number of aromatic amines is 1. The molecular formula is C13H15Cl2N2O8P. The number of nitrogens with zero attached hydrogens (tertiary/aromatic N) is 1. The molecule has 3 N–H and O–H groups in total. The molecule has 1 saturated heterocycles. The summed E-state index contributed by atoms with van der Waals surface area (Å²) in [5.41, 5.74) is -1.70. The Balaban J connectivity index is 2.31. The highest BCUT2D eigenvalue weighted by Crippen LogP contribution is 2.57. The summed E-state index contributed by atoms with van der Waals surface area (Å²) in [5.74, 6) is -0.321. The maximum atomic E-state index is 12.0. The molecule has 0 aromatic carbocycles. The first kappa shape index (κ1) is 21.0. The fourth-order valence-electron chi connectivity index (χ4n) is 2.27. The van der Waals surface area contributed by atoms with Gasteiger partial charge in [0.1, 0.15) is 18.3 Å². The second-order valence-electron chi connectivity index (χ2n) is 5.45. The van der Waals surface area contributed by atoms with Gasteiger partial charge in [-0.05, 0) is 41.6 Å². The van der Waals surface area contributed by atoms with Crippen LogP contribution in [0.5, 0.6) is 0 Å². The molecule has 144 valence electrons. The summed E-state index contributed by atoms with van der Waals surface area (Å²) in [4.78, 5) is 36.8. The molecule has 0 bridgehead atoms. The summed E-state index contributed by atoms with van der Waals surface area (Å²) in [6, 6.07) is 0. The van der Waals surface area contributed by atoms with Gasteiger partial charge in [0, 0.05) is 6.20 Å². The normalized spacial score (nSPS) is 26.5. The molecule has 0 radical (unpaired) electrons. The maximum Gasteiger partial charge on any atom is 0.380 e. The van der Waals surface area contributed by atoms with Crippen LogP contribution in [0.15, 0.2) is 21.9 Å². The monoisotopic (exact) mass is 428 g/mol. The molecule has 1 aromatic rings. The Morgan fingerprint density at radius 1 is 1.42 bits per heavy atom.